The molecule has 1 N–H and O–H groups in total. The summed E-state index contributed by atoms with van der Waals surface area (Å²) in [4.78, 5) is 17.5. The number of oxazole rings is 1. The summed E-state index contributed by atoms with van der Waals surface area (Å²) in [5.41, 5.74) is 1.63. The number of anilines is 1. The number of nitrogens with one attached hydrogen (secondary N) is 1. The molecule has 0 bridgehead atoms. The fourth-order valence-corrected chi connectivity index (χ4v) is 3.47. The predicted molar refractivity (Wildman–Crippen MR) is 114 cm³/mol. The summed E-state index contributed by atoms with van der Waals surface area (Å²) in [5.74, 6) is 0. The van der Waals surface area contributed by atoms with Crippen molar-refractivity contribution in [1.29, 1.82) is 0 Å². The van der Waals surface area contributed by atoms with Crippen LogP contribution in [0.2, 0.25) is 5.02 Å². The number of halogens is 5. The maximum atomic E-state index is 13.0. The van der Waals surface area contributed by atoms with Gasteiger partial charge in [0.05, 0.1) is 33.7 Å². The molecule has 6 nitrogen and oxygen atoms in total. The fourth-order valence-electron chi connectivity index (χ4n) is 2.98. The summed E-state index contributed by atoms with van der Waals surface area (Å²) in [7, 11) is 0. The summed E-state index contributed by atoms with van der Waals surface area (Å²) in [6.07, 6.45) is -1.26. The highest BCUT2D eigenvalue weighted by atomic mass is 79.9. The van der Waals surface area contributed by atoms with Crippen LogP contribution < -0.4 is 5.32 Å². The highest BCUT2D eigenvalue weighted by Gasteiger charge is 2.32. The van der Waals surface area contributed by atoms with Crippen LogP contribution >= 0.6 is 27.5 Å². The summed E-state index contributed by atoms with van der Waals surface area (Å²) in [6.45, 7) is 3.61. The van der Waals surface area contributed by atoms with E-state index in [1.54, 1.807) is 25.4 Å². The third kappa shape index (κ3) is 4.49. The molecular formula is C20H14BrClF3N5O. The Bertz CT molecular complexity index is 1260. The highest BCUT2D eigenvalue weighted by Crippen LogP contribution is 2.36. The highest BCUT2D eigenvalue weighted by molar-refractivity contribution is 9.10. The molecule has 0 saturated heterocycles. The van der Waals surface area contributed by atoms with Crippen molar-refractivity contribution >= 4 is 44.6 Å². The van der Waals surface area contributed by atoms with Crippen LogP contribution in [0, 0.1) is 6.92 Å². The maximum absolute atomic E-state index is 13.0. The van der Waals surface area contributed by atoms with Gasteiger partial charge in [-0.3, -0.25) is 15.0 Å². The van der Waals surface area contributed by atoms with E-state index in [4.69, 9.17) is 16.0 Å². The molecule has 160 valence electrons. The first-order chi connectivity index (χ1) is 14.6. The average molecular weight is 513 g/mol. The topological polar surface area (TPSA) is 76.7 Å². The molecule has 0 spiro atoms. The lowest BCUT2D eigenvalue weighted by molar-refractivity contribution is -0.137. The minimum absolute atomic E-state index is 0.000323. The van der Waals surface area contributed by atoms with Crippen LogP contribution in [0.15, 0.2) is 45.5 Å². The van der Waals surface area contributed by atoms with Crippen LogP contribution in [-0.2, 0) is 6.18 Å². The van der Waals surface area contributed by atoms with Crippen molar-refractivity contribution in [2.24, 2.45) is 0 Å². The van der Waals surface area contributed by atoms with Crippen LogP contribution in [-0.4, -0.2) is 19.9 Å². The molecule has 31 heavy (non-hydrogen) atoms. The van der Waals surface area contributed by atoms with E-state index in [2.05, 4.69) is 41.2 Å². The smallest absolute Gasteiger partial charge is 0.416 e. The largest absolute Gasteiger partial charge is 0.422 e. The first-order valence-corrected chi connectivity index (χ1v) is 10.2. The zero-order valence-corrected chi connectivity index (χ0v) is 18.5. The normalized spacial score (nSPS) is 12.9. The minimum Gasteiger partial charge on any atom is -0.422 e. The van der Waals surface area contributed by atoms with Gasteiger partial charge in [0.25, 0.3) is 6.01 Å². The van der Waals surface area contributed by atoms with Crippen molar-refractivity contribution in [1.82, 2.24) is 19.9 Å². The molecule has 1 atom stereocenters. The standard InChI is InChI=1S/C20H14BrClF3N5O/c1-9-7-27-17(14-4-3-12(21)8-26-14)16(28-9)10(2)29-19-30-15-6-11(20(23,24)25)5-13(22)18(15)31-19/h3-8,10H,1-2H3,(H,29,30)/t10-/m0/s1. The monoisotopic (exact) mass is 511 g/mol. The Morgan fingerprint density at radius 2 is 1.90 bits per heavy atom. The maximum Gasteiger partial charge on any atom is 0.416 e. The SMILES string of the molecule is Cc1cnc(-c2ccc(Br)cn2)c([C@H](C)Nc2nc3cc(C(F)(F)F)cc(Cl)c3o2)n1. The van der Waals surface area contributed by atoms with Crippen LogP contribution in [0.3, 0.4) is 0 Å². The molecule has 0 aliphatic rings. The Labute approximate surface area is 188 Å². The second-order valence-corrected chi connectivity index (χ2v) is 8.12. The first kappa shape index (κ1) is 21.5. The van der Waals surface area contributed by atoms with Gasteiger partial charge in [-0.1, -0.05) is 11.6 Å². The van der Waals surface area contributed by atoms with Crippen molar-refractivity contribution in [2.75, 3.05) is 5.32 Å². The number of rotatable bonds is 4. The van der Waals surface area contributed by atoms with E-state index in [0.29, 0.717) is 22.8 Å². The van der Waals surface area contributed by atoms with Gasteiger partial charge >= 0.3 is 6.18 Å². The van der Waals surface area contributed by atoms with Gasteiger partial charge in [-0.25, -0.2) is 0 Å². The van der Waals surface area contributed by atoms with E-state index in [0.717, 1.165) is 16.6 Å². The molecule has 4 rings (SSSR count). The van der Waals surface area contributed by atoms with Gasteiger partial charge in [0.1, 0.15) is 11.2 Å². The molecule has 3 aromatic heterocycles. The molecule has 0 amide bonds. The van der Waals surface area contributed by atoms with Crippen molar-refractivity contribution in [3.8, 4) is 11.4 Å². The Morgan fingerprint density at radius 3 is 2.58 bits per heavy atom. The number of aryl methyl sites for hydroxylation is 1. The second kappa shape index (κ2) is 8.08. The third-order valence-electron chi connectivity index (χ3n) is 4.41. The molecule has 4 aromatic rings. The first-order valence-electron chi connectivity index (χ1n) is 9.01. The Balaban J connectivity index is 1.69. The lowest BCUT2D eigenvalue weighted by atomic mass is 10.1. The van der Waals surface area contributed by atoms with E-state index >= 15 is 0 Å². The van der Waals surface area contributed by atoms with Crippen LogP contribution in [0.25, 0.3) is 22.5 Å². The van der Waals surface area contributed by atoms with Crippen molar-refractivity contribution in [2.45, 2.75) is 26.1 Å². The van der Waals surface area contributed by atoms with Gasteiger partial charge < -0.3 is 9.73 Å². The van der Waals surface area contributed by atoms with Crippen LogP contribution in [0.1, 0.15) is 29.9 Å². The minimum atomic E-state index is -4.54. The van der Waals surface area contributed by atoms with E-state index in [1.807, 2.05) is 13.0 Å². The van der Waals surface area contributed by atoms with Crippen molar-refractivity contribution in [3.63, 3.8) is 0 Å². The third-order valence-corrected chi connectivity index (χ3v) is 5.16. The van der Waals surface area contributed by atoms with Gasteiger partial charge in [0.15, 0.2) is 5.58 Å². The fraction of sp³-hybridized carbons (Fsp3) is 0.200. The Hall–Kier alpha value is -2.72. The number of hydrogen-bond acceptors (Lipinski definition) is 6. The number of benzene rings is 1. The summed E-state index contributed by atoms with van der Waals surface area (Å²) in [6, 6.07) is 4.92. The lowest BCUT2D eigenvalue weighted by Crippen LogP contribution is -2.12. The number of alkyl halides is 3. The van der Waals surface area contributed by atoms with E-state index in [-0.39, 0.29) is 22.1 Å². The predicted octanol–water partition coefficient (Wildman–Crippen LogP) is 6.60. The second-order valence-electron chi connectivity index (χ2n) is 6.80. The molecule has 1 aromatic carbocycles. The average Bonchev–Trinajstić information content (AvgIpc) is 3.11. The van der Waals surface area contributed by atoms with E-state index < -0.39 is 17.8 Å². The van der Waals surface area contributed by atoms with Crippen LogP contribution in [0.4, 0.5) is 19.2 Å². The molecule has 0 aliphatic heterocycles. The van der Waals surface area contributed by atoms with Crippen molar-refractivity contribution < 1.29 is 17.6 Å². The molecular weight excluding hydrogens is 499 g/mol. The molecule has 11 heteroatoms. The number of nitrogens with zero attached hydrogens (tertiary/aromatic N) is 4. The quantitative estimate of drug-likeness (QED) is 0.332. The molecule has 0 unspecified atom stereocenters. The number of aromatic nitrogens is 4. The van der Waals surface area contributed by atoms with Gasteiger partial charge in [0, 0.05) is 16.9 Å². The molecule has 0 saturated carbocycles. The summed E-state index contributed by atoms with van der Waals surface area (Å²) in [5, 5.41) is 2.85. The zero-order valence-electron chi connectivity index (χ0n) is 16.1. The summed E-state index contributed by atoms with van der Waals surface area (Å²) >= 11 is 9.33. The Morgan fingerprint density at radius 1 is 1.13 bits per heavy atom. The van der Waals surface area contributed by atoms with E-state index in [9.17, 15) is 13.2 Å². The number of fused-ring (bicyclic) bond motifs is 1. The van der Waals surface area contributed by atoms with E-state index in [1.165, 1.54) is 0 Å². The van der Waals surface area contributed by atoms with Gasteiger partial charge in [-0.05, 0) is 54.0 Å². The number of pyridine rings is 1. The van der Waals surface area contributed by atoms with Crippen molar-refractivity contribution in [3.05, 3.63) is 63.1 Å². The van der Waals surface area contributed by atoms with Gasteiger partial charge in [-0.2, -0.15) is 18.2 Å². The Kier molecular flexibility index (Phi) is 5.61. The molecule has 0 radical (unpaired) electrons. The summed E-state index contributed by atoms with van der Waals surface area (Å²) < 4.78 is 45.5. The lowest BCUT2D eigenvalue weighted by Gasteiger charge is -2.15. The van der Waals surface area contributed by atoms with Gasteiger partial charge in [-0.15, -0.1) is 0 Å². The number of hydrogen-bond donors (Lipinski definition) is 1. The molecule has 3 heterocycles. The molecule has 0 fully saturated rings. The van der Waals surface area contributed by atoms with Crippen LogP contribution in [0.5, 0.6) is 0 Å². The molecule has 0 aliphatic carbocycles. The van der Waals surface area contributed by atoms with Gasteiger partial charge in [0.2, 0.25) is 0 Å². The zero-order chi connectivity index (χ0) is 22.3.